The number of benzene rings is 1. The van der Waals surface area contributed by atoms with E-state index < -0.39 is 11.9 Å². The van der Waals surface area contributed by atoms with Crippen molar-refractivity contribution in [2.24, 2.45) is 5.73 Å². The minimum absolute atomic E-state index is 0.0855. The van der Waals surface area contributed by atoms with Gasteiger partial charge in [0, 0.05) is 5.02 Å². The van der Waals surface area contributed by atoms with Gasteiger partial charge >= 0.3 is 5.97 Å². The van der Waals surface area contributed by atoms with Gasteiger partial charge in [0.25, 0.3) is 0 Å². The molecule has 1 aromatic rings. The van der Waals surface area contributed by atoms with E-state index in [-0.39, 0.29) is 28.7 Å². The highest BCUT2D eigenvalue weighted by molar-refractivity contribution is 6.31. The Labute approximate surface area is 137 Å². The van der Waals surface area contributed by atoms with Gasteiger partial charge in [-0.3, -0.25) is 0 Å². The number of nitrogens with zero attached hydrogens (tertiary/aromatic N) is 1. The van der Waals surface area contributed by atoms with Crippen LogP contribution in [0.25, 0.3) is 0 Å². The zero-order chi connectivity index (χ0) is 16.3. The quantitative estimate of drug-likeness (QED) is 0.676. The molecule has 0 spiro atoms. The first-order chi connectivity index (χ1) is 10.5. The Bertz CT molecular complexity index is 720. The number of nitriles is 1. The van der Waals surface area contributed by atoms with Crippen LogP contribution in [0.1, 0.15) is 11.5 Å². The van der Waals surface area contributed by atoms with Gasteiger partial charge in [0.05, 0.1) is 24.5 Å². The summed E-state index contributed by atoms with van der Waals surface area (Å²) in [5.41, 5.74) is 6.54. The molecule has 1 aliphatic heterocycles. The third kappa shape index (κ3) is 2.76. The second kappa shape index (κ2) is 6.73. The van der Waals surface area contributed by atoms with Gasteiger partial charge in [0.1, 0.15) is 17.4 Å². The van der Waals surface area contributed by atoms with Crippen molar-refractivity contribution < 1.29 is 14.3 Å². The molecule has 0 fully saturated rings. The maximum Gasteiger partial charge on any atom is 0.338 e. The minimum Gasteiger partial charge on any atom is -0.466 e. The van der Waals surface area contributed by atoms with E-state index in [1.807, 2.05) is 6.07 Å². The van der Waals surface area contributed by atoms with Crippen LogP contribution < -0.4 is 5.73 Å². The Morgan fingerprint density at radius 2 is 2.18 bits per heavy atom. The fraction of sp³-hybridized carbons (Fsp3) is 0.200. The molecule has 0 saturated carbocycles. The molecule has 1 unspecified atom stereocenters. The number of methoxy groups -OCH3 is 1. The topological polar surface area (TPSA) is 85.3 Å². The molecule has 0 bridgehead atoms. The van der Waals surface area contributed by atoms with Crippen LogP contribution in [0.15, 0.2) is 47.1 Å². The summed E-state index contributed by atoms with van der Waals surface area (Å²) < 4.78 is 10.1. The van der Waals surface area contributed by atoms with Crippen molar-refractivity contribution in [3.05, 3.63) is 57.6 Å². The molecule has 1 aliphatic rings. The van der Waals surface area contributed by atoms with E-state index in [9.17, 15) is 10.1 Å². The first-order valence-corrected chi connectivity index (χ1v) is 7.15. The van der Waals surface area contributed by atoms with Crippen LogP contribution in [0.5, 0.6) is 0 Å². The Morgan fingerprint density at radius 3 is 2.73 bits per heavy atom. The molecular weight excluding hydrogens is 327 g/mol. The Hall–Kier alpha value is -2.16. The smallest absolute Gasteiger partial charge is 0.338 e. The predicted octanol–water partition coefficient (Wildman–Crippen LogP) is 2.81. The van der Waals surface area contributed by atoms with Crippen LogP contribution in [0, 0.1) is 11.3 Å². The van der Waals surface area contributed by atoms with Crippen molar-refractivity contribution in [3.8, 4) is 6.07 Å². The van der Waals surface area contributed by atoms with Gasteiger partial charge in [-0.15, -0.1) is 11.6 Å². The van der Waals surface area contributed by atoms with Crippen LogP contribution in [0.4, 0.5) is 0 Å². The van der Waals surface area contributed by atoms with E-state index in [0.717, 1.165) is 0 Å². The third-order valence-corrected chi connectivity index (χ3v) is 3.83. The van der Waals surface area contributed by atoms with Crippen molar-refractivity contribution in [1.82, 2.24) is 0 Å². The lowest BCUT2D eigenvalue weighted by Gasteiger charge is -2.27. The van der Waals surface area contributed by atoms with Crippen LogP contribution >= 0.6 is 23.2 Å². The van der Waals surface area contributed by atoms with E-state index in [2.05, 4.69) is 0 Å². The molecule has 0 saturated heterocycles. The number of nitrogens with two attached hydrogens (primary N) is 1. The Kier molecular flexibility index (Phi) is 4.96. The van der Waals surface area contributed by atoms with Gasteiger partial charge in [-0.2, -0.15) is 5.26 Å². The number of carbonyl (C=O) groups excluding carboxylic acids is 1. The minimum atomic E-state index is -0.784. The van der Waals surface area contributed by atoms with Gasteiger partial charge < -0.3 is 15.2 Å². The van der Waals surface area contributed by atoms with Crippen LogP contribution in [-0.4, -0.2) is 19.0 Å². The van der Waals surface area contributed by atoms with E-state index in [1.165, 1.54) is 7.11 Å². The van der Waals surface area contributed by atoms with E-state index in [4.69, 9.17) is 38.4 Å². The molecule has 1 atom stereocenters. The number of hydrogen-bond acceptors (Lipinski definition) is 5. The lowest BCUT2D eigenvalue weighted by atomic mass is 9.83. The van der Waals surface area contributed by atoms with E-state index >= 15 is 0 Å². The third-order valence-electron chi connectivity index (χ3n) is 3.24. The molecule has 1 heterocycles. The maximum absolute atomic E-state index is 12.2. The molecular formula is C15H12Cl2N2O3. The summed E-state index contributed by atoms with van der Waals surface area (Å²) >= 11 is 12.1. The van der Waals surface area contributed by atoms with Crippen molar-refractivity contribution in [1.29, 1.82) is 5.26 Å². The lowest BCUT2D eigenvalue weighted by molar-refractivity contribution is -0.136. The van der Waals surface area contributed by atoms with Gasteiger partial charge in [0.15, 0.2) is 0 Å². The van der Waals surface area contributed by atoms with Crippen LogP contribution in [0.3, 0.4) is 0 Å². The first kappa shape index (κ1) is 16.2. The van der Waals surface area contributed by atoms with Gasteiger partial charge in [-0.05, 0) is 11.6 Å². The van der Waals surface area contributed by atoms with Gasteiger partial charge in [-0.25, -0.2) is 4.79 Å². The lowest BCUT2D eigenvalue weighted by Crippen LogP contribution is -2.26. The number of hydrogen-bond donors (Lipinski definition) is 1. The van der Waals surface area contributed by atoms with Crippen LogP contribution in [-0.2, 0) is 14.3 Å². The molecule has 0 amide bonds. The summed E-state index contributed by atoms with van der Waals surface area (Å²) in [6.07, 6.45) is 0. The fourth-order valence-corrected chi connectivity index (χ4v) is 2.71. The van der Waals surface area contributed by atoms with E-state index in [1.54, 1.807) is 24.3 Å². The normalized spacial score (nSPS) is 17.8. The van der Waals surface area contributed by atoms with Gasteiger partial charge in [0.2, 0.25) is 5.88 Å². The molecule has 7 heteroatoms. The molecule has 0 radical (unpaired) electrons. The average Bonchev–Trinajstić information content (AvgIpc) is 2.53. The largest absolute Gasteiger partial charge is 0.466 e. The molecule has 114 valence electrons. The van der Waals surface area contributed by atoms with Crippen molar-refractivity contribution in [2.75, 3.05) is 13.0 Å². The fourth-order valence-electron chi connectivity index (χ4n) is 2.27. The second-order valence-corrected chi connectivity index (χ2v) is 5.08. The number of ether oxygens (including phenoxy) is 2. The molecule has 0 aromatic heterocycles. The highest BCUT2D eigenvalue weighted by Crippen LogP contribution is 2.42. The van der Waals surface area contributed by atoms with Gasteiger partial charge in [-0.1, -0.05) is 29.8 Å². The highest BCUT2D eigenvalue weighted by atomic mass is 35.5. The summed E-state index contributed by atoms with van der Waals surface area (Å²) in [7, 11) is 1.23. The number of alkyl halides is 1. The highest BCUT2D eigenvalue weighted by Gasteiger charge is 2.37. The zero-order valence-electron chi connectivity index (χ0n) is 11.6. The SMILES string of the molecule is COC(=O)C1=C(CCl)OC(N)=C(C#N)C1c1ccccc1Cl. The zero-order valence-corrected chi connectivity index (χ0v) is 13.1. The predicted molar refractivity (Wildman–Crippen MR) is 81.9 cm³/mol. The molecule has 2 N–H and O–H groups in total. The molecule has 22 heavy (non-hydrogen) atoms. The standard InChI is InChI=1S/C15H12Cl2N2O3/c1-21-15(20)13-11(6-16)22-14(19)9(7-18)12(13)8-4-2-3-5-10(8)17/h2-5,12H,6,19H2,1H3. The van der Waals surface area contributed by atoms with Crippen molar-refractivity contribution in [3.63, 3.8) is 0 Å². The molecule has 0 aliphatic carbocycles. The monoisotopic (exact) mass is 338 g/mol. The maximum atomic E-state index is 12.2. The summed E-state index contributed by atoms with van der Waals surface area (Å²) in [6, 6.07) is 8.83. The number of allylic oxidation sites excluding steroid dienone is 2. The molecule has 2 rings (SSSR count). The van der Waals surface area contributed by atoms with Crippen molar-refractivity contribution >= 4 is 29.2 Å². The first-order valence-electron chi connectivity index (χ1n) is 6.24. The second-order valence-electron chi connectivity index (χ2n) is 4.41. The Balaban J connectivity index is 2.73. The Morgan fingerprint density at radius 1 is 1.50 bits per heavy atom. The number of esters is 1. The number of carbonyl (C=O) groups is 1. The van der Waals surface area contributed by atoms with Crippen LogP contribution in [0.2, 0.25) is 5.02 Å². The molecule has 1 aromatic carbocycles. The van der Waals surface area contributed by atoms with E-state index in [0.29, 0.717) is 10.6 Å². The summed E-state index contributed by atoms with van der Waals surface area (Å²) in [5, 5.41) is 9.79. The number of rotatable bonds is 3. The molecule has 5 nitrogen and oxygen atoms in total. The summed E-state index contributed by atoms with van der Waals surface area (Å²) in [6.45, 7) is 0. The average molecular weight is 339 g/mol. The summed E-state index contributed by atoms with van der Waals surface area (Å²) in [4.78, 5) is 12.2. The number of halogens is 2. The van der Waals surface area contributed by atoms with Crippen molar-refractivity contribution in [2.45, 2.75) is 5.92 Å². The summed E-state index contributed by atoms with van der Waals surface area (Å²) in [5.74, 6) is -1.48.